The molecular formula is C14H22N2. The van der Waals surface area contributed by atoms with Gasteiger partial charge in [-0.25, -0.2) is 0 Å². The third-order valence-corrected chi connectivity index (χ3v) is 3.21. The molecule has 16 heavy (non-hydrogen) atoms. The summed E-state index contributed by atoms with van der Waals surface area (Å²) >= 11 is 0. The zero-order valence-electron chi connectivity index (χ0n) is 9.97. The molecule has 88 valence electrons. The molecule has 0 saturated carbocycles. The number of nitrogens with one attached hydrogen (secondary N) is 2. The largest absolute Gasteiger partial charge is 0.385 e. The molecular weight excluding hydrogens is 196 g/mol. The molecule has 0 aromatic carbocycles. The molecule has 2 heteroatoms. The maximum atomic E-state index is 3.52. The molecule has 2 aliphatic heterocycles. The lowest BCUT2D eigenvalue weighted by molar-refractivity contribution is 0.607. The minimum absolute atomic E-state index is 0.990. The SMILES string of the molecule is C1=C\CNCCCCC2=C(/C=C/1)NCCC2. The number of hydrogen-bond donors (Lipinski definition) is 2. The van der Waals surface area contributed by atoms with E-state index < -0.39 is 0 Å². The van der Waals surface area contributed by atoms with Crippen molar-refractivity contribution in [3.05, 3.63) is 35.6 Å². The highest BCUT2D eigenvalue weighted by Gasteiger charge is 2.09. The van der Waals surface area contributed by atoms with Crippen LogP contribution >= 0.6 is 0 Å². The Bertz CT molecular complexity index is 300. The van der Waals surface area contributed by atoms with E-state index in [0.29, 0.717) is 0 Å². The van der Waals surface area contributed by atoms with Crippen LogP contribution in [0.5, 0.6) is 0 Å². The average Bonchev–Trinajstić information content (AvgIpc) is 2.30. The summed E-state index contributed by atoms with van der Waals surface area (Å²) < 4.78 is 0. The summed E-state index contributed by atoms with van der Waals surface area (Å²) in [5.41, 5.74) is 3.00. The van der Waals surface area contributed by atoms with E-state index in [4.69, 9.17) is 0 Å². The highest BCUT2D eigenvalue weighted by Crippen LogP contribution is 2.21. The van der Waals surface area contributed by atoms with Gasteiger partial charge in [0.25, 0.3) is 0 Å². The second-order valence-electron chi connectivity index (χ2n) is 4.50. The summed E-state index contributed by atoms with van der Waals surface area (Å²) in [6.45, 7) is 3.27. The van der Waals surface area contributed by atoms with Crippen LogP contribution in [0.4, 0.5) is 0 Å². The molecule has 0 aromatic rings. The van der Waals surface area contributed by atoms with Crippen LogP contribution < -0.4 is 10.6 Å². The van der Waals surface area contributed by atoms with Crippen molar-refractivity contribution in [2.75, 3.05) is 19.6 Å². The van der Waals surface area contributed by atoms with Gasteiger partial charge in [0.1, 0.15) is 0 Å². The van der Waals surface area contributed by atoms with Gasteiger partial charge in [-0.3, -0.25) is 0 Å². The fourth-order valence-electron chi connectivity index (χ4n) is 2.29. The van der Waals surface area contributed by atoms with Crippen molar-refractivity contribution in [3.8, 4) is 0 Å². The first kappa shape index (κ1) is 11.5. The summed E-state index contributed by atoms with van der Waals surface area (Å²) in [7, 11) is 0. The van der Waals surface area contributed by atoms with E-state index in [1.807, 2.05) is 0 Å². The predicted molar refractivity (Wildman–Crippen MR) is 69.3 cm³/mol. The molecule has 2 N–H and O–H groups in total. The van der Waals surface area contributed by atoms with Gasteiger partial charge in [0.2, 0.25) is 0 Å². The third kappa shape index (κ3) is 3.53. The summed E-state index contributed by atoms with van der Waals surface area (Å²) in [5, 5.41) is 6.94. The lowest BCUT2D eigenvalue weighted by Gasteiger charge is -2.20. The molecule has 0 fully saturated rings. The Morgan fingerprint density at radius 1 is 0.938 bits per heavy atom. The standard InChI is InChI=1S/C14H22N2/c1-2-9-14-13(8-6-12-16-14)7-3-5-11-15-10-4-1/h1-2,4,9,15-16H,3,5-8,10-12H2/b4-1-,9-2+. The van der Waals surface area contributed by atoms with E-state index in [1.165, 1.54) is 37.8 Å². The number of hydrogen-bond acceptors (Lipinski definition) is 2. The molecule has 2 heterocycles. The van der Waals surface area contributed by atoms with Gasteiger partial charge in [0.15, 0.2) is 0 Å². The van der Waals surface area contributed by atoms with Gasteiger partial charge < -0.3 is 10.6 Å². The van der Waals surface area contributed by atoms with Crippen LogP contribution in [-0.2, 0) is 0 Å². The van der Waals surface area contributed by atoms with Crippen LogP contribution in [0.1, 0.15) is 32.1 Å². The van der Waals surface area contributed by atoms with E-state index in [9.17, 15) is 0 Å². The zero-order valence-corrected chi connectivity index (χ0v) is 9.97. The Labute approximate surface area is 98.5 Å². The van der Waals surface area contributed by atoms with Crippen molar-refractivity contribution in [1.29, 1.82) is 0 Å². The number of rotatable bonds is 0. The lowest BCUT2D eigenvalue weighted by atomic mass is 9.98. The Morgan fingerprint density at radius 3 is 2.88 bits per heavy atom. The average molecular weight is 218 g/mol. The van der Waals surface area contributed by atoms with Crippen molar-refractivity contribution < 1.29 is 0 Å². The monoisotopic (exact) mass is 218 g/mol. The maximum absolute atomic E-state index is 3.52. The van der Waals surface area contributed by atoms with Gasteiger partial charge in [-0.15, -0.1) is 0 Å². The summed E-state index contributed by atoms with van der Waals surface area (Å²) in [4.78, 5) is 0. The van der Waals surface area contributed by atoms with Crippen LogP contribution in [-0.4, -0.2) is 19.6 Å². The van der Waals surface area contributed by atoms with E-state index in [2.05, 4.69) is 34.9 Å². The minimum atomic E-state index is 0.990. The van der Waals surface area contributed by atoms with Crippen molar-refractivity contribution >= 4 is 0 Å². The first-order valence-corrected chi connectivity index (χ1v) is 6.46. The van der Waals surface area contributed by atoms with Crippen molar-refractivity contribution in [2.24, 2.45) is 0 Å². The first-order chi connectivity index (χ1) is 7.97. The zero-order chi connectivity index (χ0) is 11.1. The minimum Gasteiger partial charge on any atom is -0.385 e. The van der Waals surface area contributed by atoms with Gasteiger partial charge in [-0.05, 0) is 50.3 Å². The highest BCUT2D eigenvalue weighted by molar-refractivity contribution is 5.28. The Morgan fingerprint density at radius 2 is 1.88 bits per heavy atom. The van der Waals surface area contributed by atoms with Gasteiger partial charge in [-0.1, -0.05) is 18.2 Å². The molecule has 0 aromatic heterocycles. The Balaban J connectivity index is 2.07. The molecule has 0 amide bonds. The third-order valence-electron chi connectivity index (χ3n) is 3.21. The van der Waals surface area contributed by atoms with Crippen molar-refractivity contribution in [1.82, 2.24) is 10.6 Å². The quantitative estimate of drug-likeness (QED) is 0.653. The van der Waals surface area contributed by atoms with Gasteiger partial charge in [-0.2, -0.15) is 0 Å². The molecule has 2 aliphatic rings. The molecule has 0 unspecified atom stereocenters. The summed E-state index contributed by atoms with van der Waals surface area (Å²) in [6, 6.07) is 0. The molecule has 2 rings (SSSR count). The van der Waals surface area contributed by atoms with E-state index in [1.54, 1.807) is 5.57 Å². The highest BCUT2D eigenvalue weighted by atomic mass is 14.9. The lowest BCUT2D eigenvalue weighted by Crippen LogP contribution is -2.21. The fraction of sp³-hybridized carbons (Fsp3) is 0.571. The maximum Gasteiger partial charge on any atom is 0.0332 e. The van der Waals surface area contributed by atoms with Crippen LogP contribution in [0.2, 0.25) is 0 Å². The second kappa shape index (κ2) is 6.54. The number of allylic oxidation sites excluding steroid dienone is 4. The van der Waals surface area contributed by atoms with Gasteiger partial charge >= 0.3 is 0 Å². The Hall–Kier alpha value is -1.02. The first-order valence-electron chi connectivity index (χ1n) is 6.46. The molecule has 0 bridgehead atoms. The smallest absolute Gasteiger partial charge is 0.0332 e. The predicted octanol–water partition coefficient (Wildman–Crippen LogP) is 2.51. The molecule has 0 saturated heterocycles. The van der Waals surface area contributed by atoms with Crippen LogP contribution in [0.15, 0.2) is 35.6 Å². The van der Waals surface area contributed by atoms with Crippen LogP contribution in [0, 0.1) is 0 Å². The molecule has 0 spiro atoms. The van der Waals surface area contributed by atoms with Gasteiger partial charge in [0, 0.05) is 18.8 Å². The molecule has 0 atom stereocenters. The van der Waals surface area contributed by atoms with Crippen molar-refractivity contribution in [3.63, 3.8) is 0 Å². The fourth-order valence-corrected chi connectivity index (χ4v) is 2.29. The van der Waals surface area contributed by atoms with Crippen LogP contribution in [0.3, 0.4) is 0 Å². The second-order valence-corrected chi connectivity index (χ2v) is 4.50. The summed E-state index contributed by atoms with van der Waals surface area (Å²) in [5.74, 6) is 0. The Kier molecular flexibility index (Phi) is 4.69. The van der Waals surface area contributed by atoms with E-state index in [-0.39, 0.29) is 0 Å². The summed E-state index contributed by atoms with van der Waals surface area (Å²) in [6.07, 6.45) is 15.1. The van der Waals surface area contributed by atoms with E-state index in [0.717, 1.165) is 19.6 Å². The molecule has 0 radical (unpaired) electrons. The molecule has 0 aliphatic carbocycles. The topological polar surface area (TPSA) is 24.1 Å². The molecule has 2 nitrogen and oxygen atoms in total. The van der Waals surface area contributed by atoms with E-state index >= 15 is 0 Å². The normalized spacial score (nSPS) is 27.0. The van der Waals surface area contributed by atoms with Crippen LogP contribution in [0.25, 0.3) is 0 Å². The van der Waals surface area contributed by atoms with Gasteiger partial charge in [0.05, 0.1) is 0 Å². The van der Waals surface area contributed by atoms with Crippen molar-refractivity contribution in [2.45, 2.75) is 32.1 Å².